The second-order valence-electron chi connectivity index (χ2n) is 6.12. The highest BCUT2D eigenvalue weighted by Crippen LogP contribution is 2.27. The summed E-state index contributed by atoms with van der Waals surface area (Å²) in [5.74, 6) is -0.184. The SMILES string of the molecule is Cc1cc(F)ccc1-c1cc(C(C)(C)C)cc[n+]1C. The second kappa shape index (κ2) is 4.76. The summed E-state index contributed by atoms with van der Waals surface area (Å²) in [5, 5.41) is 0. The number of nitrogens with zero attached hydrogens (tertiary/aromatic N) is 1. The maximum Gasteiger partial charge on any atom is 0.212 e. The van der Waals surface area contributed by atoms with Crippen LogP contribution in [0.15, 0.2) is 36.5 Å². The van der Waals surface area contributed by atoms with Gasteiger partial charge >= 0.3 is 0 Å². The number of aryl methyl sites for hydroxylation is 2. The van der Waals surface area contributed by atoms with Crippen LogP contribution in [-0.4, -0.2) is 0 Å². The van der Waals surface area contributed by atoms with Gasteiger partial charge in [0, 0.05) is 17.7 Å². The summed E-state index contributed by atoms with van der Waals surface area (Å²) in [7, 11) is 2.02. The highest BCUT2D eigenvalue weighted by molar-refractivity contribution is 5.61. The molecule has 2 aromatic rings. The second-order valence-corrected chi connectivity index (χ2v) is 6.12. The maximum atomic E-state index is 13.2. The number of benzene rings is 1. The van der Waals surface area contributed by atoms with Gasteiger partial charge in [-0.15, -0.1) is 0 Å². The number of hydrogen-bond donors (Lipinski definition) is 0. The molecule has 0 aliphatic heterocycles. The molecule has 0 atom stereocenters. The Kier molecular flexibility index (Phi) is 3.44. The quantitative estimate of drug-likeness (QED) is 0.682. The van der Waals surface area contributed by atoms with Gasteiger partial charge in [-0.25, -0.2) is 8.96 Å². The van der Waals surface area contributed by atoms with Crippen LogP contribution in [0.4, 0.5) is 4.39 Å². The molecule has 0 unspecified atom stereocenters. The van der Waals surface area contributed by atoms with E-state index in [9.17, 15) is 4.39 Å². The molecule has 100 valence electrons. The summed E-state index contributed by atoms with van der Waals surface area (Å²) in [5.41, 5.74) is 4.54. The Labute approximate surface area is 114 Å². The molecule has 2 heteroatoms. The Morgan fingerprint density at radius 3 is 2.32 bits per heavy atom. The topological polar surface area (TPSA) is 3.88 Å². The zero-order chi connectivity index (χ0) is 14.2. The van der Waals surface area contributed by atoms with E-state index in [1.165, 1.54) is 11.6 Å². The number of rotatable bonds is 1. The van der Waals surface area contributed by atoms with Crippen LogP contribution in [0.1, 0.15) is 31.9 Å². The van der Waals surface area contributed by atoms with Crippen molar-refractivity contribution in [2.45, 2.75) is 33.1 Å². The van der Waals surface area contributed by atoms with Gasteiger partial charge in [0.2, 0.25) is 5.69 Å². The maximum absolute atomic E-state index is 13.2. The molecule has 2 rings (SSSR count). The molecule has 0 saturated heterocycles. The predicted octanol–water partition coefficient (Wildman–Crippen LogP) is 3.92. The zero-order valence-corrected chi connectivity index (χ0v) is 12.3. The van der Waals surface area contributed by atoms with Crippen molar-refractivity contribution in [2.75, 3.05) is 0 Å². The lowest BCUT2D eigenvalue weighted by Gasteiger charge is -2.19. The summed E-state index contributed by atoms with van der Waals surface area (Å²) < 4.78 is 15.3. The Morgan fingerprint density at radius 1 is 1.05 bits per heavy atom. The standard InChI is InChI=1S/C17H21FN/c1-12-10-14(18)6-7-15(12)16-11-13(17(2,3)4)8-9-19(16)5/h6-11H,1-5H3/q+1. The smallest absolute Gasteiger partial charge is 0.207 e. The Balaban J connectivity index is 2.61. The van der Waals surface area contributed by atoms with Gasteiger partial charge in [0.05, 0.1) is 0 Å². The third-order valence-electron chi connectivity index (χ3n) is 3.48. The third-order valence-corrected chi connectivity index (χ3v) is 3.48. The first kappa shape index (κ1) is 13.7. The summed E-state index contributed by atoms with van der Waals surface area (Å²) in [6.45, 7) is 8.54. The first-order valence-electron chi connectivity index (χ1n) is 6.56. The van der Waals surface area contributed by atoms with Crippen molar-refractivity contribution in [3.8, 4) is 11.3 Å². The summed E-state index contributed by atoms with van der Waals surface area (Å²) in [6, 6.07) is 9.29. The van der Waals surface area contributed by atoms with Crippen molar-refractivity contribution >= 4 is 0 Å². The van der Waals surface area contributed by atoms with Crippen LogP contribution in [0.3, 0.4) is 0 Å². The van der Waals surface area contributed by atoms with Crippen LogP contribution in [0, 0.1) is 12.7 Å². The average molecular weight is 258 g/mol. The van der Waals surface area contributed by atoms with Crippen LogP contribution >= 0.6 is 0 Å². The van der Waals surface area contributed by atoms with Crippen molar-refractivity contribution in [1.82, 2.24) is 0 Å². The molecule has 0 spiro atoms. The Hall–Kier alpha value is -1.70. The van der Waals surface area contributed by atoms with Crippen LogP contribution in [0.5, 0.6) is 0 Å². The van der Waals surface area contributed by atoms with E-state index in [0.29, 0.717) is 0 Å². The lowest BCUT2D eigenvalue weighted by molar-refractivity contribution is -0.660. The molecular formula is C17H21FN+. The lowest BCUT2D eigenvalue weighted by atomic mass is 9.86. The van der Waals surface area contributed by atoms with Gasteiger partial charge in [-0.2, -0.15) is 0 Å². The Morgan fingerprint density at radius 2 is 1.74 bits per heavy atom. The van der Waals surface area contributed by atoms with Gasteiger partial charge in [-0.05, 0) is 41.7 Å². The van der Waals surface area contributed by atoms with Gasteiger partial charge in [0.25, 0.3) is 0 Å². The summed E-state index contributed by atoms with van der Waals surface area (Å²) in [6.07, 6.45) is 2.07. The molecule has 0 saturated carbocycles. The van der Waals surface area contributed by atoms with Gasteiger partial charge in [0.15, 0.2) is 6.20 Å². The molecule has 0 amide bonds. The van der Waals surface area contributed by atoms with Crippen molar-refractivity contribution in [3.05, 3.63) is 53.5 Å². The first-order valence-corrected chi connectivity index (χ1v) is 6.56. The van der Waals surface area contributed by atoms with E-state index in [4.69, 9.17) is 0 Å². The van der Waals surface area contributed by atoms with Gasteiger partial charge in [-0.1, -0.05) is 20.8 Å². The molecule has 0 bridgehead atoms. The fourth-order valence-corrected chi connectivity index (χ4v) is 2.22. The number of pyridine rings is 1. The van der Waals surface area contributed by atoms with E-state index in [1.807, 2.05) is 20.0 Å². The minimum Gasteiger partial charge on any atom is -0.207 e. The summed E-state index contributed by atoms with van der Waals surface area (Å²) >= 11 is 0. The third kappa shape index (κ3) is 2.83. The molecule has 1 aromatic carbocycles. The van der Waals surface area contributed by atoms with Crippen LogP contribution in [0.2, 0.25) is 0 Å². The van der Waals surface area contributed by atoms with Crippen molar-refractivity contribution in [2.24, 2.45) is 7.05 Å². The minimum atomic E-state index is -0.184. The molecule has 0 aliphatic rings. The van der Waals surface area contributed by atoms with Crippen LogP contribution in [-0.2, 0) is 12.5 Å². The molecule has 0 radical (unpaired) electrons. The van der Waals surface area contributed by atoms with E-state index >= 15 is 0 Å². The normalized spacial score (nSPS) is 11.7. The molecule has 1 aromatic heterocycles. The molecule has 1 nitrogen and oxygen atoms in total. The molecule has 0 aliphatic carbocycles. The van der Waals surface area contributed by atoms with Crippen LogP contribution in [0.25, 0.3) is 11.3 Å². The van der Waals surface area contributed by atoms with Crippen molar-refractivity contribution < 1.29 is 8.96 Å². The number of halogens is 1. The van der Waals surface area contributed by atoms with E-state index < -0.39 is 0 Å². The van der Waals surface area contributed by atoms with Gasteiger partial charge < -0.3 is 0 Å². The average Bonchev–Trinajstić information content (AvgIpc) is 2.29. The zero-order valence-electron chi connectivity index (χ0n) is 12.3. The Bertz CT molecular complexity index is 609. The van der Waals surface area contributed by atoms with Crippen LogP contribution < -0.4 is 4.57 Å². The fraction of sp³-hybridized carbons (Fsp3) is 0.353. The molecule has 0 N–H and O–H groups in total. The monoisotopic (exact) mass is 258 g/mol. The number of hydrogen-bond acceptors (Lipinski definition) is 0. The molecule has 1 heterocycles. The fourth-order valence-electron chi connectivity index (χ4n) is 2.22. The number of aromatic nitrogens is 1. The van der Waals surface area contributed by atoms with E-state index in [2.05, 4.69) is 43.7 Å². The summed E-state index contributed by atoms with van der Waals surface area (Å²) in [4.78, 5) is 0. The molecule has 0 fully saturated rings. The highest BCUT2D eigenvalue weighted by Gasteiger charge is 2.19. The first-order chi connectivity index (χ1) is 8.79. The van der Waals surface area contributed by atoms with Crippen molar-refractivity contribution in [3.63, 3.8) is 0 Å². The predicted molar refractivity (Wildman–Crippen MR) is 76.4 cm³/mol. The minimum absolute atomic E-state index is 0.108. The van der Waals surface area contributed by atoms with E-state index in [-0.39, 0.29) is 11.2 Å². The van der Waals surface area contributed by atoms with Crippen molar-refractivity contribution in [1.29, 1.82) is 0 Å². The van der Waals surface area contributed by atoms with E-state index in [0.717, 1.165) is 16.8 Å². The van der Waals surface area contributed by atoms with Gasteiger partial charge in [0.1, 0.15) is 12.9 Å². The van der Waals surface area contributed by atoms with E-state index in [1.54, 1.807) is 6.07 Å². The lowest BCUT2D eigenvalue weighted by Crippen LogP contribution is -2.31. The molecule has 19 heavy (non-hydrogen) atoms. The largest absolute Gasteiger partial charge is 0.212 e. The highest BCUT2D eigenvalue weighted by atomic mass is 19.1. The molecular weight excluding hydrogens is 237 g/mol. The van der Waals surface area contributed by atoms with Gasteiger partial charge in [-0.3, -0.25) is 0 Å².